The molecule has 0 bridgehead atoms. The second-order valence-electron chi connectivity index (χ2n) is 6.86. The van der Waals surface area contributed by atoms with E-state index in [1.54, 1.807) is 29.2 Å². The summed E-state index contributed by atoms with van der Waals surface area (Å²) in [5, 5.41) is 7.06. The molecule has 2 aliphatic rings. The van der Waals surface area contributed by atoms with Crippen molar-refractivity contribution in [2.45, 2.75) is 43.0 Å². The normalized spacial score (nSPS) is 22.8. The van der Waals surface area contributed by atoms with Crippen molar-refractivity contribution >= 4 is 15.9 Å². The van der Waals surface area contributed by atoms with Crippen LogP contribution in [0.4, 0.5) is 0 Å². The number of rotatable bonds is 2. The molecule has 1 saturated heterocycles. The summed E-state index contributed by atoms with van der Waals surface area (Å²) in [7, 11) is -3.65. The van der Waals surface area contributed by atoms with Crippen molar-refractivity contribution in [2.24, 2.45) is 0 Å². The van der Waals surface area contributed by atoms with Gasteiger partial charge in [0.1, 0.15) is 11.9 Å². The van der Waals surface area contributed by atoms with Gasteiger partial charge in [-0.15, -0.1) is 0 Å². The highest BCUT2D eigenvalue weighted by Gasteiger charge is 2.36. The number of piperidine rings is 1. The van der Waals surface area contributed by atoms with E-state index >= 15 is 0 Å². The van der Waals surface area contributed by atoms with Crippen molar-refractivity contribution in [1.82, 2.24) is 24.8 Å². The zero-order valence-electron chi connectivity index (χ0n) is 14.5. The number of aromatic nitrogens is 3. The Morgan fingerprint density at radius 1 is 1.23 bits per heavy atom. The molecule has 0 aliphatic carbocycles. The molecule has 1 atom stereocenters. The largest absolute Gasteiger partial charge is 0.341 e. The molecule has 2 aromatic rings. The van der Waals surface area contributed by atoms with Gasteiger partial charge in [-0.05, 0) is 37.8 Å². The first-order valence-electron chi connectivity index (χ1n) is 8.72. The lowest BCUT2D eigenvalue weighted by Gasteiger charge is -2.35. The topological polar surface area (TPSA) is 108 Å². The molecule has 1 fully saturated rings. The van der Waals surface area contributed by atoms with Gasteiger partial charge in [0.2, 0.25) is 15.9 Å². The highest BCUT2D eigenvalue weighted by molar-refractivity contribution is 7.89. The fourth-order valence-corrected chi connectivity index (χ4v) is 5.15. The molecule has 9 heteroatoms. The van der Waals surface area contributed by atoms with E-state index in [4.69, 9.17) is 0 Å². The number of benzene rings is 1. The molecule has 1 amide bonds. The van der Waals surface area contributed by atoms with Gasteiger partial charge in [0.05, 0.1) is 4.90 Å². The zero-order chi connectivity index (χ0) is 18.3. The molecule has 1 aromatic heterocycles. The summed E-state index contributed by atoms with van der Waals surface area (Å²) in [6.07, 6.45) is 1.94. The maximum absolute atomic E-state index is 12.9. The van der Waals surface area contributed by atoms with E-state index in [0.717, 1.165) is 24.5 Å². The first-order valence-corrected chi connectivity index (χ1v) is 10.2. The monoisotopic (exact) mass is 375 g/mol. The van der Waals surface area contributed by atoms with Gasteiger partial charge < -0.3 is 4.90 Å². The molecule has 2 N–H and O–H groups in total. The van der Waals surface area contributed by atoms with Crippen LogP contribution in [0.5, 0.6) is 0 Å². The average Bonchev–Trinajstić information content (AvgIpc) is 3.07. The highest BCUT2D eigenvalue weighted by atomic mass is 32.2. The molecule has 3 heterocycles. The average molecular weight is 375 g/mol. The van der Waals surface area contributed by atoms with Gasteiger partial charge in [-0.25, -0.2) is 13.4 Å². The van der Waals surface area contributed by atoms with Gasteiger partial charge in [-0.3, -0.25) is 9.89 Å². The minimum Gasteiger partial charge on any atom is -0.341 e. The fraction of sp³-hybridized carbons (Fsp3) is 0.471. The van der Waals surface area contributed by atoms with Crippen molar-refractivity contribution in [3.8, 4) is 0 Å². The number of aromatic amines is 1. The molecule has 2 aliphatic heterocycles. The molecule has 0 radical (unpaired) electrons. The molecule has 0 spiro atoms. The summed E-state index contributed by atoms with van der Waals surface area (Å²) < 4.78 is 27.4. The minimum atomic E-state index is -3.65. The summed E-state index contributed by atoms with van der Waals surface area (Å²) in [5.41, 5.74) is 0.690. The van der Waals surface area contributed by atoms with Gasteiger partial charge in [0.15, 0.2) is 5.82 Å². The summed E-state index contributed by atoms with van der Waals surface area (Å²) in [6, 6.07) is 6.09. The third kappa shape index (κ3) is 3.12. The van der Waals surface area contributed by atoms with Crippen LogP contribution in [0.1, 0.15) is 36.0 Å². The van der Waals surface area contributed by atoms with Crippen molar-refractivity contribution in [1.29, 1.82) is 0 Å². The lowest BCUT2D eigenvalue weighted by Crippen LogP contribution is -2.53. The van der Waals surface area contributed by atoms with Crippen LogP contribution in [0.3, 0.4) is 0 Å². The summed E-state index contributed by atoms with van der Waals surface area (Å²) in [5.74, 6) is 1.65. The summed E-state index contributed by atoms with van der Waals surface area (Å²) >= 11 is 0. The van der Waals surface area contributed by atoms with Crippen LogP contribution in [-0.2, 0) is 21.2 Å². The predicted octanol–water partition coefficient (Wildman–Crippen LogP) is 0.722. The number of amides is 1. The van der Waals surface area contributed by atoms with Crippen molar-refractivity contribution in [3.63, 3.8) is 0 Å². The zero-order valence-corrected chi connectivity index (χ0v) is 15.3. The number of H-pyrrole nitrogens is 1. The summed E-state index contributed by atoms with van der Waals surface area (Å²) in [6.45, 7) is 3.02. The van der Waals surface area contributed by atoms with Crippen molar-refractivity contribution < 1.29 is 13.2 Å². The third-order valence-corrected chi connectivity index (χ3v) is 6.64. The van der Waals surface area contributed by atoms with Crippen LogP contribution >= 0.6 is 0 Å². The minimum absolute atomic E-state index is 0.160. The Hall–Kier alpha value is -2.26. The Bertz CT molecular complexity index is 931. The third-order valence-electron chi connectivity index (χ3n) is 5.07. The van der Waals surface area contributed by atoms with E-state index in [2.05, 4.69) is 19.9 Å². The smallest absolute Gasteiger partial charge is 0.241 e. The number of nitrogens with one attached hydrogen (secondary N) is 2. The lowest BCUT2D eigenvalue weighted by molar-refractivity contribution is -0.134. The van der Waals surface area contributed by atoms with Gasteiger partial charge in [0.25, 0.3) is 0 Å². The first-order chi connectivity index (χ1) is 12.4. The van der Waals surface area contributed by atoms with E-state index in [9.17, 15) is 13.2 Å². The van der Waals surface area contributed by atoms with Crippen LogP contribution < -0.4 is 4.72 Å². The van der Waals surface area contributed by atoms with E-state index in [1.165, 1.54) is 0 Å². The molecule has 4 rings (SSSR count). The number of nitrogens with zero attached hydrogens (tertiary/aromatic N) is 3. The van der Waals surface area contributed by atoms with Gasteiger partial charge in [-0.2, -0.15) is 9.82 Å². The van der Waals surface area contributed by atoms with E-state index in [0.29, 0.717) is 25.1 Å². The summed E-state index contributed by atoms with van der Waals surface area (Å²) in [4.78, 5) is 19.2. The molecular weight excluding hydrogens is 354 g/mol. The number of likely N-dealkylation sites (tertiary alicyclic amines) is 1. The molecule has 1 aromatic carbocycles. The Balaban J connectivity index is 1.45. The maximum Gasteiger partial charge on any atom is 0.241 e. The van der Waals surface area contributed by atoms with E-state index < -0.39 is 16.1 Å². The van der Waals surface area contributed by atoms with Crippen LogP contribution in [0.2, 0.25) is 0 Å². The second-order valence-corrected chi connectivity index (χ2v) is 8.55. The van der Waals surface area contributed by atoms with E-state index in [-0.39, 0.29) is 16.7 Å². The molecular formula is C17H21N5O3S. The highest BCUT2D eigenvalue weighted by Crippen LogP contribution is 2.27. The van der Waals surface area contributed by atoms with Crippen molar-refractivity contribution in [2.75, 3.05) is 13.1 Å². The number of sulfonamides is 1. The number of carbonyl (C=O) groups is 1. The maximum atomic E-state index is 12.9. The number of hydrogen-bond acceptors (Lipinski definition) is 5. The quantitative estimate of drug-likeness (QED) is 0.804. The van der Waals surface area contributed by atoms with Crippen LogP contribution in [0, 0.1) is 6.92 Å². The Morgan fingerprint density at radius 2 is 1.96 bits per heavy atom. The number of carbonyl (C=O) groups excluding carboxylic acids is 1. The first kappa shape index (κ1) is 17.2. The standard InChI is InChI=1S/C17H21N5O3S/c1-11-18-16(20-19-11)12-6-8-22(9-7-12)17(23)14-10-13-4-2-3-5-15(13)26(24,25)21-14/h2-5,12,14,21H,6-10H2,1H3,(H,18,19,20)/t14-/m1/s1. The lowest BCUT2D eigenvalue weighted by atomic mass is 9.95. The molecule has 8 nitrogen and oxygen atoms in total. The van der Waals surface area contributed by atoms with Crippen LogP contribution in [0.15, 0.2) is 29.2 Å². The van der Waals surface area contributed by atoms with Crippen LogP contribution in [-0.4, -0.2) is 53.5 Å². The second kappa shape index (κ2) is 6.48. The predicted molar refractivity (Wildman–Crippen MR) is 93.9 cm³/mol. The van der Waals surface area contributed by atoms with Gasteiger partial charge in [0, 0.05) is 19.0 Å². The van der Waals surface area contributed by atoms with Gasteiger partial charge >= 0.3 is 0 Å². The van der Waals surface area contributed by atoms with Gasteiger partial charge in [-0.1, -0.05) is 18.2 Å². The van der Waals surface area contributed by atoms with Crippen molar-refractivity contribution in [3.05, 3.63) is 41.5 Å². The Kier molecular flexibility index (Phi) is 4.28. The Labute approximate surface area is 152 Å². The fourth-order valence-electron chi connectivity index (χ4n) is 3.71. The number of fused-ring (bicyclic) bond motifs is 1. The molecule has 0 unspecified atom stereocenters. The Morgan fingerprint density at radius 3 is 2.65 bits per heavy atom. The van der Waals surface area contributed by atoms with E-state index in [1.807, 2.05) is 6.92 Å². The molecule has 26 heavy (non-hydrogen) atoms. The van der Waals surface area contributed by atoms with Crippen LogP contribution in [0.25, 0.3) is 0 Å². The number of aryl methyl sites for hydroxylation is 1. The molecule has 138 valence electrons. The number of hydrogen-bond donors (Lipinski definition) is 2. The molecule has 0 saturated carbocycles. The SMILES string of the molecule is Cc1nc(C2CCN(C(=O)[C@H]3Cc4ccccc4S(=O)(=O)N3)CC2)n[nH]1.